The summed E-state index contributed by atoms with van der Waals surface area (Å²) in [7, 11) is 0. The largest absolute Gasteiger partial charge is 0.478 e. The molecule has 1 N–H and O–H groups in total. The molecule has 0 aliphatic carbocycles. The Morgan fingerprint density at radius 3 is 2.83 bits per heavy atom. The van der Waals surface area contributed by atoms with Gasteiger partial charge in [0.05, 0.1) is 6.61 Å². The summed E-state index contributed by atoms with van der Waals surface area (Å²) in [5.74, 6) is 1.29. The van der Waals surface area contributed by atoms with Crippen LogP contribution in [0.2, 0.25) is 0 Å². The lowest BCUT2D eigenvalue weighted by Gasteiger charge is -2.13. The smallest absolute Gasteiger partial charge is 0.226 e. The number of hydrogen-bond acceptors (Lipinski definition) is 4. The number of ether oxygens (including phenoxy) is 1. The maximum absolute atomic E-state index is 5.35. The van der Waals surface area contributed by atoms with Gasteiger partial charge in [0.1, 0.15) is 0 Å². The van der Waals surface area contributed by atoms with E-state index in [1.54, 1.807) is 12.3 Å². The number of nitrogens with one attached hydrogen (secondary N) is 1. The molecule has 1 heterocycles. The van der Waals surface area contributed by atoms with Crippen LogP contribution in [0.15, 0.2) is 12.3 Å². The molecule has 0 fully saturated rings. The Morgan fingerprint density at radius 2 is 2.11 bits per heavy atom. The minimum Gasteiger partial charge on any atom is -0.478 e. The van der Waals surface area contributed by atoms with E-state index in [0.29, 0.717) is 24.5 Å². The number of anilines is 1. The van der Waals surface area contributed by atoms with E-state index in [4.69, 9.17) is 4.74 Å². The zero-order valence-electron chi connectivity index (χ0n) is 11.8. The molecule has 0 saturated heterocycles. The van der Waals surface area contributed by atoms with Crippen molar-refractivity contribution in [2.24, 2.45) is 0 Å². The molecule has 1 unspecified atom stereocenters. The van der Waals surface area contributed by atoms with Crippen LogP contribution in [0.3, 0.4) is 0 Å². The van der Waals surface area contributed by atoms with E-state index in [9.17, 15) is 0 Å². The lowest BCUT2D eigenvalue weighted by atomic mass is 10.1. The monoisotopic (exact) mass is 251 g/mol. The summed E-state index contributed by atoms with van der Waals surface area (Å²) in [6, 6.07) is 2.18. The van der Waals surface area contributed by atoms with Crippen LogP contribution in [-0.4, -0.2) is 22.6 Å². The molecule has 0 aromatic carbocycles. The summed E-state index contributed by atoms with van der Waals surface area (Å²) in [5.41, 5.74) is 0. The van der Waals surface area contributed by atoms with Gasteiger partial charge in [0, 0.05) is 18.3 Å². The summed E-state index contributed by atoms with van der Waals surface area (Å²) in [6.45, 7) is 6.98. The Hall–Kier alpha value is -1.32. The molecule has 4 nitrogen and oxygen atoms in total. The van der Waals surface area contributed by atoms with Crippen LogP contribution in [0.1, 0.15) is 52.9 Å². The van der Waals surface area contributed by atoms with Gasteiger partial charge in [-0.3, -0.25) is 0 Å². The van der Waals surface area contributed by atoms with Crippen LogP contribution in [0, 0.1) is 0 Å². The van der Waals surface area contributed by atoms with E-state index < -0.39 is 0 Å². The third-order valence-corrected chi connectivity index (χ3v) is 2.79. The van der Waals surface area contributed by atoms with E-state index in [1.807, 2.05) is 6.92 Å². The zero-order valence-corrected chi connectivity index (χ0v) is 11.8. The molecule has 0 spiro atoms. The van der Waals surface area contributed by atoms with E-state index >= 15 is 0 Å². The van der Waals surface area contributed by atoms with Crippen molar-refractivity contribution in [1.82, 2.24) is 9.97 Å². The predicted molar refractivity (Wildman–Crippen MR) is 75.0 cm³/mol. The first-order valence-corrected chi connectivity index (χ1v) is 6.98. The molecular weight excluding hydrogens is 226 g/mol. The van der Waals surface area contributed by atoms with Gasteiger partial charge in [-0.05, 0) is 20.3 Å². The Bertz CT molecular complexity index is 331. The highest BCUT2D eigenvalue weighted by Gasteiger charge is 2.05. The highest BCUT2D eigenvalue weighted by molar-refractivity contribution is 5.28. The van der Waals surface area contributed by atoms with Gasteiger partial charge in [0.25, 0.3) is 0 Å². The quantitative estimate of drug-likeness (QED) is 0.681. The van der Waals surface area contributed by atoms with Crippen molar-refractivity contribution in [3.8, 4) is 5.88 Å². The van der Waals surface area contributed by atoms with Gasteiger partial charge in [-0.15, -0.1) is 0 Å². The van der Waals surface area contributed by atoms with Crippen molar-refractivity contribution in [2.45, 2.75) is 58.9 Å². The van der Waals surface area contributed by atoms with Gasteiger partial charge in [0.15, 0.2) is 0 Å². The number of rotatable bonds is 9. The second-order valence-corrected chi connectivity index (χ2v) is 4.55. The second-order valence-electron chi connectivity index (χ2n) is 4.55. The van der Waals surface area contributed by atoms with Crippen LogP contribution in [0.5, 0.6) is 5.88 Å². The lowest BCUT2D eigenvalue weighted by molar-refractivity contribution is 0.326. The second kappa shape index (κ2) is 8.72. The Balaban J connectivity index is 2.34. The zero-order chi connectivity index (χ0) is 13.2. The van der Waals surface area contributed by atoms with Crippen LogP contribution in [-0.2, 0) is 0 Å². The number of nitrogens with zero attached hydrogens (tertiary/aromatic N) is 2. The molecule has 0 bridgehead atoms. The van der Waals surface area contributed by atoms with Gasteiger partial charge in [0.2, 0.25) is 11.8 Å². The third kappa shape index (κ3) is 5.84. The molecule has 1 rings (SSSR count). The topological polar surface area (TPSA) is 47.0 Å². The van der Waals surface area contributed by atoms with Crippen molar-refractivity contribution < 1.29 is 4.74 Å². The molecule has 0 radical (unpaired) electrons. The Labute approximate surface area is 110 Å². The SMILES string of the molecule is CCCCCCC(C)Nc1nccc(OCC)n1. The molecular formula is C14H25N3O. The molecule has 0 aliphatic heterocycles. The average molecular weight is 251 g/mol. The van der Waals surface area contributed by atoms with E-state index in [0.717, 1.165) is 6.42 Å². The maximum atomic E-state index is 5.35. The van der Waals surface area contributed by atoms with Gasteiger partial charge in [-0.25, -0.2) is 4.98 Å². The highest BCUT2D eigenvalue weighted by Crippen LogP contribution is 2.12. The first-order chi connectivity index (χ1) is 8.76. The van der Waals surface area contributed by atoms with Crippen LogP contribution in [0.25, 0.3) is 0 Å². The highest BCUT2D eigenvalue weighted by atomic mass is 16.5. The van der Waals surface area contributed by atoms with E-state index in [1.165, 1.54) is 25.7 Å². The van der Waals surface area contributed by atoms with Crippen molar-refractivity contribution in [3.05, 3.63) is 12.3 Å². The molecule has 4 heteroatoms. The molecule has 0 saturated carbocycles. The van der Waals surface area contributed by atoms with Gasteiger partial charge in [-0.2, -0.15) is 4.98 Å². The van der Waals surface area contributed by atoms with Crippen molar-refractivity contribution in [2.75, 3.05) is 11.9 Å². The van der Waals surface area contributed by atoms with Gasteiger partial charge < -0.3 is 10.1 Å². The fourth-order valence-corrected chi connectivity index (χ4v) is 1.81. The number of hydrogen-bond donors (Lipinski definition) is 1. The van der Waals surface area contributed by atoms with Gasteiger partial charge in [-0.1, -0.05) is 32.6 Å². The molecule has 1 aromatic rings. The average Bonchev–Trinajstić information content (AvgIpc) is 2.35. The summed E-state index contributed by atoms with van der Waals surface area (Å²) in [6.07, 6.45) is 8.05. The van der Waals surface area contributed by atoms with Crippen LogP contribution in [0.4, 0.5) is 5.95 Å². The molecule has 0 aliphatic rings. The summed E-state index contributed by atoms with van der Waals surface area (Å²) in [5, 5.41) is 3.32. The van der Waals surface area contributed by atoms with Gasteiger partial charge >= 0.3 is 0 Å². The number of unbranched alkanes of at least 4 members (excludes halogenated alkanes) is 3. The summed E-state index contributed by atoms with van der Waals surface area (Å²) >= 11 is 0. The minimum atomic E-state index is 0.402. The van der Waals surface area contributed by atoms with Crippen molar-refractivity contribution >= 4 is 5.95 Å². The molecule has 1 atom stereocenters. The molecule has 1 aromatic heterocycles. The first-order valence-electron chi connectivity index (χ1n) is 6.98. The standard InChI is InChI=1S/C14H25N3O/c1-4-6-7-8-9-12(3)16-14-15-11-10-13(17-14)18-5-2/h10-12H,4-9H2,1-3H3,(H,15,16,17). The van der Waals surface area contributed by atoms with E-state index in [2.05, 4.69) is 29.1 Å². The molecule has 18 heavy (non-hydrogen) atoms. The molecule has 102 valence electrons. The molecule has 0 amide bonds. The predicted octanol–water partition coefficient (Wildman–Crippen LogP) is 3.65. The van der Waals surface area contributed by atoms with Crippen molar-refractivity contribution in [3.63, 3.8) is 0 Å². The Morgan fingerprint density at radius 1 is 1.28 bits per heavy atom. The van der Waals surface area contributed by atoms with Crippen molar-refractivity contribution in [1.29, 1.82) is 0 Å². The fourth-order valence-electron chi connectivity index (χ4n) is 1.81. The summed E-state index contributed by atoms with van der Waals surface area (Å²) in [4.78, 5) is 8.51. The minimum absolute atomic E-state index is 0.402. The first kappa shape index (κ1) is 14.7. The van der Waals surface area contributed by atoms with E-state index in [-0.39, 0.29) is 0 Å². The fraction of sp³-hybridized carbons (Fsp3) is 0.714. The lowest BCUT2D eigenvalue weighted by Crippen LogP contribution is -2.17. The number of aromatic nitrogens is 2. The van der Waals surface area contributed by atoms with Crippen LogP contribution < -0.4 is 10.1 Å². The summed E-state index contributed by atoms with van der Waals surface area (Å²) < 4.78 is 5.35. The van der Waals surface area contributed by atoms with Crippen LogP contribution >= 0.6 is 0 Å². The maximum Gasteiger partial charge on any atom is 0.226 e. The normalized spacial score (nSPS) is 12.2. The Kier molecular flexibility index (Phi) is 7.14. The third-order valence-electron chi connectivity index (χ3n) is 2.79.